The summed E-state index contributed by atoms with van der Waals surface area (Å²) in [7, 11) is 0. The molecule has 0 aliphatic heterocycles. The van der Waals surface area contributed by atoms with Gasteiger partial charge in [0.15, 0.2) is 0 Å². The van der Waals surface area contributed by atoms with Crippen molar-refractivity contribution in [3.63, 3.8) is 0 Å². The van der Waals surface area contributed by atoms with Crippen LogP contribution >= 0.6 is 12.2 Å². The average Bonchev–Trinajstić information content (AvgIpc) is 3.40. The molecule has 3 N–H and O–H groups in total. The largest absolute Gasteiger partial charge is 0.348 e. The fourth-order valence-corrected chi connectivity index (χ4v) is 5.78. The maximum Gasteiger partial charge on any atom is 0.121 e. The molecule has 1 unspecified atom stereocenters. The Morgan fingerprint density at radius 1 is 0.950 bits per heavy atom. The number of nitrogens with one attached hydrogen (secondary N) is 3. The van der Waals surface area contributed by atoms with Gasteiger partial charge < -0.3 is 15.3 Å². The zero-order chi connectivity index (χ0) is 27.3. The molecule has 3 heterocycles. The van der Waals surface area contributed by atoms with Gasteiger partial charge in [-0.15, -0.1) is 0 Å². The highest BCUT2D eigenvalue weighted by molar-refractivity contribution is 7.71. The molecule has 40 heavy (non-hydrogen) atoms. The van der Waals surface area contributed by atoms with Gasteiger partial charge in [-0.1, -0.05) is 54.7 Å². The molecule has 0 spiro atoms. The van der Waals surface area contributed by atoms with Crippen LogP contribution in [0.25, 0.3) is 11.0 Å². The molecule has 0 radical (unpaired) electrons. The second-order valence-corrected chi connectivity index (χ2v) is 10.7. The molecule has 0 bridgehead atoms. The smallest absolute Gasteiger partial charge is 0.121 e. The Morgan fingerprint density at radius 2 is 1.80 bits per heavy atom. The van der Waals surface area contributed by atoms with E-state index in [4.69, 9.17) is 27.4 Å². The third-order valence-corrected chi connectivity index (χ3v) is 7.86. The van der Waals surface area contributed by atoms with E-state index in [-0.39, 0.29) is 6.04 Å². The molecule has 7 nitrogen and oxygen atoms in total. The lowest BCUT2D eigenvalue weighted by molar-refractivity contribution is 0.153. The minimum Gasteiger partial charge on any atom is -0.348 e. The zero-order valence-electron chi connectivity index (χ0n) is 22.2. The quantitative estimate of drug-likeness (QED) is 0.189. The first kappa shape index (κ1) is 26.1. The van der Waals surface area contributed by atoms with E-state index < -0.39 is 0 Å². The highest BCUT2D eigenvalue weighted by atomic mass is 32.1. The fraction of sp³-hybridized carbons (Fsp3) is 0.250. The van der Waals surface area contributed by atoms with Crippen LogP contribution in [0.5, 0.6) is 0 Å². The van der Waals surface area contributed by atoms with Crippen LogP contribution in [0.3, 0.4) is 0 Å². The van der Waals surface area contributed by atoms with Crippen molar-refractivity contribution < 1.29 is 0 Å². The zero-order valence-corrected chi connectivity index (χ0v) is 23.0. The van der Waals surface area contributed by atoms with Crippen molar-refractivity contribution in [2.75, 3.05) is 0 Å². The molecule has 5 aromatic rings. The summed E-state index contributed by atoms with van der Waals surface area (Å²) in [4.78, 5) is 18.9. The molecule has 2 aromatic carbocycles. The van der Waals surface area contributed by atoms with Crippen molar-refractivity contribution in [1.82, 2.24) is 30.2 Å². The van der Waals surface area contributed by atoms with Crippen molar-refractivity contribution >= 4 is 23.3 Å². The number of pyridine rings is 2. The van der Waals surface area contributed by atoms with Gasteiger partial charge in [0, 0.05) is 31.5 Å². The van der Waals surface area contributed by atoms with E-state index >= 15 is 0 Å². The first-order valence-corrected chi connectivity index (χ1v) is 14.1. The number of nitriles is 1. The summed E-state index contributed by atoms with van der Waals surface area (Å²) < 4.78 is 0.481. The van der Waals surface area contributed by atoms with Gasteiger partial charge in [-0.2, -0.15) is 5.26 Å². The van der Waals surface area contributed by atoms with Crippen LogP contribution in [0.15, 0.2) is 79.0 Å². The third kappa shape index (κ3) is 5.87. The molecule has 1 aliphatic rings. The Morgan fingerprint density at radius 3 is 2.62 bits per heavy atom. The minimum absolute atomic E-state index is 0.248. The van der Waals surface area contributed by atoms with Gasteiger partial charge in [0.25, 0.3) is 0 Å². The Labute approximate surface area is 238 Å². The molecule has 3 aromatic heterocycles. The number of nitrogens with zero attached hydrogens (tertiary/aromatic N) is 4. The monoisotopic (exact) mass is 545 g/mol. The number of para-hydroxylation sites is 2. The lowest BCUT2D eigenvalue weighted by Gasteiger charge is -2.34. The SMILES string of the molecule is N#Cc1ccc(CNCc2ccc(CN(Cc3nc4ccccc4[nH]3)C3CCCc4cccnc43)cc2)[nH]c1=S. The second kappa shape index (κ2) is 11.9. The van der Waals surface area contributed by atoms with E-state index in [0.717, 1.165) is 61.4 Å². The summed E-state index contributed by atoms with van der Waals surface area (Å²) in [6.07, 6.45) is 5.26. The van der Waals surface area contributed by atoms with Crippen LogP contribution in [0.4, 0.5) is 0 Å². The standard InChI is InChI=1S/C32H31N7S/c33-17-25-14-15-26(36-32(25)40)19-34-18-22-10-12-23(13-11-22)20-39(21-30-37-27-7-1-2-8-28(27)38-30)29-9-3-5-24-6-4-16-35-31(24)29/h1-2,4,6-8,10-16,29,34H,3,5,9,18-21H2,(H,36,40)(H,37,38). The Bertz CT molecular complexity index is 1680. The van der Waals surface area contributed by atoms with Gasteiger partial charge in [0.1, 0.15) is 16.5 Å². The van der Waals surface area contributed by atoms with Crippen LogP contribution in [0.2, 0.25) is 0 Å². The predicted molar refractivity (Wildman–Crippen MR) is 159 cm³/mol. The number of H-pyrrole nitrogens is 2. The number of fused-ring (bicyclic) bond motifs is 2. The Kier molecular flexibility index (Phi) is 7.78. The molecule has 8 heteroatoms. The summed E-state index contributed by atoms with van der Waals surface area (Å²) >= 11 is 5.24. The molecular weight excluding hydrogens is 514 g/mol. The van der Waals surface area contributed by atoms with Crippen molar-refractivity contribution in [3.8, 4) is 6.07 Å². The van der Waals surface area contributed by atoms with Gasteiger partial charge in [0.2, 0.25) is 0 Å². The first-order valence-electron chi connectivity index (χ1n) is 13.7. The Hall–Kier alpha value is -4.16. The highest BCUT2D eigenvalue weighted by Gasteiger charge is 2.28. The van der Waals surface area contributed by atoms with Crippen LogP contribution in [0.1, 0.15) is 58.3 Å². The van der Waals surface area contributed by atoms with Crippen LogP contribution in [-0.4, -0.2) is 24.8 Å². The van der Waals surface area contributed by atoms with Gasteiger partial charge >= 0.3 is 0 Å². The molecule has 200 valence electrons. The summed E-state index contributed by atoms with van der Waals surface area (Å²) in [5, 5.41) is 12.5. The summed E-state index contributed by atoms with van der Waals surface area (Å²) in [5.74, 6) is 0.979. The summed E-state index contributed by atoms with van der Waals surface area (Å²) in [6.45, 7) is 2.93. The van der Waals surface area contributed by atoms with Crippen LogP contribution < -0.4 is 5.32 Å². The number of rotatable bonds is 9. The number of imidazole rings is 1. The lowest BCUT2D eigenvalue weighted by Crippen LogP contribution is -2.31. The van der Waals surface area contributed by atoms with E-state index in [9.17, 15) is 0 Å². The maximum absolute atomic E-state index is 9.07. The molecule has 1 atom stereocenters. The molecule has 1 aliphatic carbocycles. The van der Waals surface area contributed by atoms with E-state index in [2.05, 4.69) is 68.7 Å². The number of aryl methyl sites for hydroxylation is 1. The number of hydrogen-bond donors (Lipinski definition) is 3. The molecule has 6 rings (SSSR count). The van der Waals surface area contributed by atoms with Gasteiger partial charge in [-0.3, -0.25) is 9.88 Å². The Balaban J connectivity index is 1.16. The average molecular weight is 546 g/mol. The predicted octanol–water partition coefficient (Wildman–Crippen LogP) is 6.26. The van der Waals surface area contributed by atoms with Crippen molar-refractivity contribution in [1.29, 1.82) is 5.26 Å². The third-order valence-electron chi connectivity index (χ3n) is 7.54. The number of aromatic amines is 2. The minimum atomic E-state index is 0.248. The summed E-state index contributed by atoms with van der Waals surface area (Å²) in [5.41, 5.74) is 8.56. The van der Waals surface area contributed by atoms with Crippen molar-refractivity contribution in [2.45, 2.75) is 51.5 Å². The van der Waals surface area contributed by atoms with Crippen molar-refractivity contribution in [2.24, 2.45) is 0 Å². The molecule has 0 fully saturated rings. The molecular formula is C32H31N7S. The number of benzene rings is 2. The van der Waals surface area contributed by atoms with Crippen LogP contribution in [0, 0.1) is 16.0 Å². The lowest BCUT2D eigenvalue weighted by atomic mass is 9.90. The number of hydrogen-bond acceptors (Lipinski definition) is 6. The van der Waals surface area contributed by atoms with Gasteiger partial charge in [0.05, 0.1) is 34.9 Å². The maximum atomic E-state index is 9.07. The molecule has 0 saturated carbocycles. The summed E-state index contributed by atoms with van der Waals surface area (Å²) in [6, 6.07) is 27.3. The highest BCUT2D eigenvalue weighted by Crippen LogP contribution is 2.34. The van der Waals surface area contributed by atoms with E-state index in [1.807, 2.05) is 30.5 Å². The molecule has 0 saturated heterocycles. The fourth-order valence-electron chi connectivity index (χ4n) is 5.53. The second-order valence-electron chi connectivity index (χ2n) is 10.3. The normalized spacial score (nSPS) is 14.8. The number of aromatic nitrogens is 4. The first-order chi connectivity index (χ1) is 19.7. The van der Waals surface area contributed by atoms with Crippen molar-refractivity contribution in [3.05, 3.63) is 123 Å². The molecule has 0 amide bonds. The van der Waals surface area contributed by atoms with Crippen LogP contribution in [-0.2, 0) is 32.6 Å². The topological polar surface area (TPSA) is 96.4 Å². The van der Waals surface area contributed by atoms with Gasteiger partial charge in [-0.05, 0) is 66.3 Å². The van der Waals surface area contributed by atoms with E-state index in [0.29, 0.717) is 16.7 Å². The van der Waals surface area contributed by atoms with E-state index in [1.54, 1.807) is 6.07 Å². The van der Waals surface area contributed by atoms with E-state index in [1.165, 1.54) is 22.4 Å². The van der Waals surface area contributed by atoms with Gasteiger partial charge in [-0.25, -0.2) is 4.98 Å².